The van der Waals surface area contributed by atoms with E-state index in [2.05, 4.69) is 16.0 Å². The highest BCUT2D eigenvalue weighted by Gasteiger charge is 2.60. The van der Waals surface area contributed by atoms with Crippen molar-refractivity contribution in [2.45, 2.75) is 236 Å². The Balaban J connectivity index is 1.15. The maximum Gasteiger partial charge on any atom is 0.469 e. The number of carboxylic acid groups (broad SMARTS) is 1. The van der Waals surface area contributed by atoms with Crippen LogP contribution in [0.1, 0.15) is 20.8 Å². The minimum atomic E-state index is -5.54. The highest BCUT2D eigenvalue weighted by atomic mass is 31.2. The quantitative estimate of drug-likeness (QED) is 0.0399. The summed E-state index contributed by atoms with van der Waals surface area (Å²) in [6, 6.07) is -5.90. The number of phosphoric acid groups is 1. The zero-order valence-electron chi connectivity index (χ0n) is 48.5. The molecule has 532 valence electrons. The van der Waals surface area contributed by atoms with Gasteiger partial charge in [-0.05, 0) is 0 Å². The molecule has 0 bridgehead atoms. The zero-order chi connectivity index (χ0) is 68.3. The molecule has 7 fully saturated rings. The van der Waals surface area contributed by atoms with Crippen LogP contribution in [0, 0.1) is 0 Å². The number of rotatable bonds is 24. The Morgan fingerprint density at radius 1 is 0.359 bits per heavy atom. The third-order valence-corrected chi connectivity index (χ3v) is 16.4. The van der Waals surface area contributed by atoms with Crippen molar-refractivity contribution in [2.24, 2.45) is 0 Å². The summed E-state index contributed by atoms with van der Waals surface area (Å²) in [6.45, 7) is -4.02. The van der Waals surface area contributed by atoms with E-state index in [1.54, 1.807) is 0 Å². The van der Waals surface area contributed by atoms with Gasteiger partial charge in [-0.15, -0.1) is 0 Å². The van der Waals surface area contributed by atoms with Crippen molar-refractivity contribution in [1.82, 2.24) is 16.0 Å². The number of aliphatic hydroxyl groups excluding tert-OH is 18. The molecule has 43 nitrogen and oxygen atoms in total. The molecule has 44 heteroatoms. The lowest BCUT2D eigenvalue weighted by Crippen LogP contribution is -2.72. The van der Waals surface area contributed by atoms with Crippen LogP contribution in [0.4, 0.5) is 0 Å². The first-order valence-electron chi connectivity index (χ1n) is 28.3. The summed E-state index contributed by atoms with van der Waals surface area (Å²) in [5, 5.41) is 212. The monoisotopic (exact) mass is 1370 g/mol. The van der Waals surface area contributed by atoms with Crippen LogP contribution in [0.25, 0.3) is 0 Å². The molecule has 0 saturated carbocycles. The molecule has 24 N–H and O–H groups in total. The lowest BCUT2D eigenvalue weighted by atomic mass is 9.93. The SMILES string of the molecule is CC(=O)N[C@H]1[C@H](O[C@H]2[C@H](O)[C@@H](NC(C)=O)[C@H](O[C@H]3[C@H](O)[C@H](O[C@H]4[C@H](O)[C@@H](O)[C@H](O)O[C@@H]4CO)O[C@H](CO)[C@H]3O)O[C@@H]2COP(=O)(O)O)O[C@H](CO)[C@H](O[C@H]2O[C@H](CO)[C@H](O)[C@H](O[C@@H]3O[C@H](CO)[C@H](O)[C@H](O[C@@H]4O[C@H](C(=O)O)[C@@H](O)[C@H](O)[C@H]4O)[C@H]3O)[C@H]2NC(C)=O)[C@@H]1O. The summed E-state index contributed by atoms with van der Waals surface area (Å²) in [4.78, 5) is 70.2. The fourth-order valence-electron chi connectivity index (χ4n) is 11.4. The molecule has 7 aliphatic rings. The smallest absolute Gasteiger partial charge is 0.469 e. The molecule has 0 aromatic carbocycles. The van der Waals surface area contributed by atoms with Crippen molar-refractivity contribution >= 4 is 31.5 Å². The van der Waals surface area contributed by atoms with Crippen LogP contribution in [0.15, 0.2) is 0 Å². The van der Waals surface area contributed by atoms with Gasteiger partial charge in [0.2, 0.25) is 17.7 Å². The molecule has 7 heterocycles. The van der Waals surface area contributed by atoms with Gasteiger partial charge < -0.3 is 184 Å². The predicted octanol–water partition coefficient (Wildman–Crippen LogP) is -15.6. The lowest BCUT2D eigenvalue weighted by Gasteiger charge is -2.51. The summed E-state index contributed by atoms with van der Waals surface area (Å²) in [5.74, 6) is -4.76. The average molecular weight is 1370 g/mol. The maximum atomic E-state index is 13.0. The van der Waals surface area contributed by atoms with E-state index in [9.17, 15) is 131 Å². The van der Waals surface area contributed by atoms with E-state index in [4.69, 9.17) is 66.1 Å². The number of ether oxygens (including phenoxy) is 13. The minimum Gasteiger partial charge on any atom is -0.479 e. The Labute approximate surface area is 518 Å². The number of hydrogen-bond donors (Lipinski definition) is 24. The number of phosphoric ester groups is 1. The highest BCUT2D eigenvalue weighted by Crippen LogP contribution is 2.41. The van der Waals surface area contributed by atoms with Crippen molar-refractivity contribution in [1.29, 1.82) is 0 Å². The van der Waals surface area contributed by atoms with E-state index in [0.717, 1.165) is 20.8 Å². The number of carbonyl (C=O) groups is 4. The zero-order valence-corrected chi connectivity index (χ0v) is 49.4. The molecule has 0 aliphatic carbocycles. The number of aliphatic carboxylic acids is 1. The fraction of sp³-hybridized carbons (Fsp3) is 0.917. The van der Waals surface area contributed by atoms with Gasteiger partial charge in [0.15, 0.2) is 50.1 Å². The third kappa shape index (κ3) is 17.2. The molecule has 7 aliphatic heterocycles. The minimum absolute atomic E-state index is 0.912. The largest absolute Gasteiger partial charge is 0.479 e. The second-order valence-electron chi connectivity index (χ2n) is 22.4. The van der Waals surface area contributed by atoms with Crippen LogP contribution in [-0.4, -0.2) is 385 Å². The molecular formula is C48H80N3O40P. The first kappa shape index (κ1) is 76.1. The van der Waals surface area contributed by atoms with Gasteiger partial charge >= 0.3 is 13.8 Å². The van der Waals surface area contributed by atoms with Crippen molar-refractivity contribution in [3.63, 3.8) is 0 Å². The fourth-order valence-corrected chi connectivity index (χ4v) is 11.7. The lowest BCUT2D eigenvalue weighted by molar-refractivity contribution is -0.382. The standard InChI is InChI=1S/C48H80N3O40P/c1-10(57)49-19-25(63)34(85-45-21(51-12(3)59)37(22(60)13(4-52)80-45)88-48-33(71)39(24(62)15(6-54)82-48)90-46-31(69)27(65)28(66)40(91-46)41(72)73)17(8-56)83-43(19)86-36-18(9-78-92(75,76)77)84-44(20(26(36)64)50-11(2)58)89-38-23(61)14(5-53)81-47(32(38)70)87-35-16(7-55)79-42(74)30(68)29(35)67/h13-40,42-48,52-56,60-71,74H,4-9H2,1-3H3,(H,49,57)(H,50,58)(H,51,59)(H,72,73)(H2,75,76,77)/t13-,14-,15-,16-,17-,18-,19-,20-,21-,22+,23-,24+,25-,26-,27+,28+,29-,30-,31-,32+,33-,34+,35-,36-,37-,38-,39+,40+,42-,43+,44+,45-,46-,47+,48+/m1/s1. The predicted molar refractivity (Wildman–Crippen MR) is 278 cm³/mol. The van der Waals surface area contributed by atoms with E-state index < -0.39 is 286 Å². The number of aliphatic hydroxyl groups is 18. The van der Waals surface area contributed by atoms with Gasteiger partial charge in [-0.3, -0.25) is 18.9 Å². The number of amides is 3. The van der Waals surface area contributed by atoms with Crippen LogP contribution in [0.3, 0.4) is 0 Å². The van der Waals surface area contributed by atoms with Crippen molar-refractivity contribution in [3.05, 3.63) is 0 Å². The first-order valence-corrected chi connectivity index (χ1v) is 29.9. The second-order valence-corrected chi connectivity index (χ2v) is 23.7. The molecule has 0 spiro atoms. The van der Waals surface area contributed by atoms with Gasteiger partial charge in [-0.2, -0.15) is 0 Å². The molecule has 0 unspecified atom stereocenters. The van der Waals surface area contributed by atoms with Gasteiger partial charge in [0.1, 0.15) is 165 Å². The molecule has 92 heavy (non-hydrogen) atoms. The van der Waals surface area contributed by atoms with E-state index in [1.807, 2.05) is 0 Å². The summed E-state index contributed by atoms with van der Waals surface area (Å²) in [5.41, 5.74) is 0. The normalized spacial score (nSPS) is 47.1. The number of carbonyl (C=O) groups excluding carboxylic acids is 3. The second kappa shape index (κ2) is 32.4. The van der Waals surface area contributed by atoms with Crippen LogP contribution in [-0.2, 0) is 89.8 Å². The average Bonchev–Trinajstić information content (AvgIpc) is 0.780. The summed E-state index contributed by atoms with van der Waals surface area (Å²) >= 11 is 0. The molecule has 0 aromatic rings. The topological polar surface area (TPSA) is 675 Å². The number of carboxylic acids is 1. The van der Waals surface area contributed by atoms with Gasteiger partial charge in [0.05, 0.1) is 39.6 Å². The Hall–Kier alpha value is -3.25. The molecule has 0 radical (unpaired) electrons. The highest BCUT2D eigenvalue weighted by molar-refractivity contribution is 7.46. The molecule has 3 amide bonds. The van der Waals surface area contributed by atoms with E-state index in [-0.39, 0.29) is 0 Å². The maximum absolute atomic E-state index is 13.0. The number of hydrogen-bond acceptors (Lipinski definition) is 37. The van der Waals surface area contributed by atoms with Crippen LogP contribution in [0.2, 0.25) is 0 Å². The summed E-state index contributed by atoms with van der Waals surface area (Å²) in [6.07, 6.45) is -67.1. The van der Waals surface area contributed by atoms with E-state index >= 15 is 0 Å². The first-order chi connectivity index (χ1) is 43.2. The van der Waals surface area contributed by atoms with Crippen molar-refractivity contribution in [3.8, 4) is 0 Å². The third-order valence-electron chi connectivity index (χ3n) is 15.9. The van der Waals surface area contributed by atoms with Gasteiger partial charge in [-0.25, -0.2) is 9.36 Å². The molecule has 7 rings (SSSR count). The Morgan fingerprint density at radius 3 is 1.14 bits per heavy atom. The van der Waals surface area contributed by atoms with Crippen LogP contribution in [0.5, 0.6) is 0 Å². The Morgan fingerprint density at radius 2 is 0.696 bits per heavy atom. The molecule has 35 atom stereocenters. The van der Waals surface area contributed by atoms with Gasteiger partial charge in [0, 0.05) is 20.8 Å². The van der Waals surface area contributed by atoms with Gasteiger partial charge in [0.25, 0.3) is 0 Å². The summed E-state index contributed by atoms with van der Waals surface area (Å²) < 4.78 is 91.4. The van der Waals surface area contributed by atoms with Crippen molar-refractivity contribution in [2.75, 3.05) is 39.6 Å². The molecular weight excluding hydrogens is 1290 g/mol. The van der Waals surface area contributed by atoms with Crippen molar-refractivity contribution < 1.29 is 197 Å². The van der Waals surface area contributed by atoms with Crippen LogP contribution >= 0.6 is 7.82 Å². The Kier molecular flexibility index (Phi) is 26.8. The number of nitrogens with one attached hydrogen (secondary N) is 3. The molecule has 0 aromatic heterocycles. The van der Waals surface area contributed by atoms with Crippen LogP contribution < -0.4 is 16.0 Å². The molecule has 7 saturated heterocycles. The van der Waals surface area contributed by atoms with Gasteiger partial charge in [-0.1, -0.05) is 0 Å². The van der Waals surface area contributed by atoms with E-state index in [0.29, 0.717) is 0 Å². The van der Waals surface area contributed by atoms with E-state index in [1.165, 1.54) is 0 Å². The summed E-state index contributed by atoms with van der Waals surface area (Å²) in [7, 11) is -5.54. The Bertz CT molecular complexity index is 2460.